The van der Waals surface area contributed by atoms with Crippen LogP contribution in [0.4, 0.5) is 22.0 Å². The Morgan fingerprint density at radius 3 is 1.74 bits per heavy atom. The molecule has 0 radical (unpaired) electrons. The average Bonchev–Trinajstić information content (AvgIpc) is 2.74. The van der Waals surface area contributed by atoms with Gasteiger partial charge in [-0.15, -0.1) is 0 Å². The lowest BCUT2D eigenvalue weighted by Gasteiger charge is -2.20. The molecule has 0 N–H and O–H groups in total. The summed E-state index contributed by atoms with van der Waals surface area (Å²) < 4.78 is 80.2. The fourth-order valence-electron chi connectivity index (χ4n) is 2.72. The first-order valence-corrected chi connectivity index (χ1v) is 9.18. The number of ether oxygens (including phenoxy) is 2. The quantitative estimate of drug-likeness (QED) is 0.399. The van der Waals surface area contributed by atoms with Gasteiger partial charge < -0.3 is 9.47 Å². The molecule has 3 aromatic rings. The molecule has 0 aliphatic rings. The third-order valence-electron chi connectivity index (χ3n) is 4.44. The Morgan fingerprint density at radius 1 is 0.774 bits per heavy atom. The van der Waals surface area contributed by atoms with Crippen molar-refractivity contribution >= 4 is 0 Å². The fourth-order valence-corrected chi connectivity index (χ4v) is 2.72. The van der Waals surface area contributed by atoms with Gasteiger partial charge in [-0.25, -0.2) is 4.39 Å². The number of rotatable bonds is 7. The molecule has 3 aromatic carbocycles. The SMILES string of the molecule is CCc1ccc(C(F)(F)Oc2ccc(C(F)(F)Oc3ccc(C#N)c(F)c3)cc2)cc1. The summed E-state index contributed by atoms with van der Waals surface area (Å²) in [5.41, 5.74) is -0.457. The van der Waals surface area contributed by atoms with E-state index in [0.29, 0.717) is 12.5 Å². The molecule has 0 spiro atoms. The number of alkyl halides is 4. The molecule has 0 saturated carbocycles. The predicted molar refractivity (Wildman–Crippen MR) is 102 cm³/mol. The van der Waals surface area contributed by atoms with Gasteiger partial charge in [-0.1, -0.05) is 19.1 Å². The van der Waals surface area contributed by atoms with Crippen LogP contribution in [0.1, 0.15) is 29.2 Å². The van der Waals surface area contributed by atoms with Crippen LogP contribution in [-0.4, -0.2) is 0 Å². The molecule has 0 aromatic heterocycles. The van der Waals surface area contributed by atoms with E-state index in [1.165, 1.54) is 12.1 Å². The Bertz CT molecular complexity index is 1090. The number of aryl methyl sites for hydroxylation is 1. The first-order chi connectivity index (χ1) is 14.6. The summed E-state index contributed by atoms with van der Waals surface area (Å²) in [6.07, 6.45) is -6.84. The summed E-state index contributed by atoms with van der Waals surface area (Å²) in [4.78, 5) is 0. The van der Waals surface area contributed by atoms with Gasteiger partial charge in [-0.05, 0) is 60.5 Å². The zero-order valence-electron chi connectivity index (χ0n) is 16.2. The van der Waals surface area contributed by atoms with E-state index in [2.05, 4.69) is 9.47 Å². The topological polar surface area (TPSA) is 42.2 Å². The number of hydrogen-bond acceptors (Lipinski definition) is 3. The molecule has 0 bridgehead atoms. The molecule has 3 rings (SSSR count). The van der Waals surface area contributed by atoms with Crippen molar-refractivity contribution in [2.45, 2.75) is 25.6 Å². The molecule has 31 heavy (non-hydrogen) atoms. The van der Waals surface area contributed by atoms with Crippen LogP contribution >= 0.6 is 0 Å². The first-order valence-electron chi connectivity index (χ1n) is 9.18. The molecule has 0 atom stereocenters. The van der Waals surface area contributed by atoms with Gasteiger partial charge in [0.2, 0.25) is 0 Å². The van der Waals surface area contributed by atoms with E-state index >= 15 is 0 Å². The van der Waals surface area contributed by atoms with E-state index < -0.39 is 29.3 Å². The van der Waals surface area contributed by atoms with Crippen molar-refractivity contribution in [2.24, 2.45) is 0 Å². The molecule has 0 heterocycles. The molecular formula is C23H16F5NO2. The third kappa shape index (κ3) is 5.12. The third-order valence-corrected chi connectivity index (χ3v) is 4.44. The molecule has 0 unspecified atom stereocenters. The number of halogens is 5. The van der Waals surface area contributed by atoms with Gasteiger partial charge >= 0.3 is 12.2 Å². The monoisotopic (exact) mass is 433 g/mol. The minimum absolute atomic E-state index is 0.317. The second-order valence-corrected chi connectivity index (χ2v) is 6.57. The van der Waals surface area contributed by atoms with Crippen LogP contribution in [-0.2, 0) is 18.6 Å². The summed E-state index contributed by atoms with van der Waals surface area (Å²) in [5.74, 6) is -1.83. The predicted octanol–water partition coefficient (Wildman–Crippen LogP) is 6.52. The molecule has 0 aliphatic heterocycles. The lowest BCUT2D eigenvalue weighted by Crippen LogP contribution is -2.23. The van der Waals surface area contributed by atoms with Crippen molar-refractivity contribution in [3.63, 3.8) is 0 Å². The lowest BCUT2D eigenvalue weighted by molar-refractivity contribution is -0.187. The second-order valence-electron chi connectivity index (χ2n) is 6.57. The van der Waals surface area contributed by atoms with Crippen LogP contribution < -0.4 is 9.47 Å². The van der Waals surface area contributed by atoms with Gasteiger partial charge in [0.15, 0.2) is 0 Å². The van der Waals surface area contributed by atoms with Crippen molar-refractivity contribution in [3.05, 3.63) is 94.8 Å². The fraction of sp³-hybridized carbons (Fsp3) is 0.174. The number of nitriles is 1. The molecule has 0 saturated heterocycles. The van der Waals surface area contributed by atoms with Gasteiger partial charge in [0.05, 0.1) is 16.7 Å². The maximum absolute atomic E-state index is 14.4. The number of nitrogens with zero attached hydrogens (tertiary/aromatic N) is 1. The highest BCUT2D eigenvalue weighted by atomic mass is 19.3. The summed E-state index contributed by atoms with van der Waals surface area (Å²) in [7, 11) is 0. The Balaban J connectivity index is 1.73. The van der Waals surface area contributed by atoms with Crippen molar-refractivity contribution < 1.29 is 31.4 Å². The lowest BCUT2D eigenvalue weighted by atomic mass is 10.1. The van der Waals surface area contributed by atoms with Gasteiger partial charge in [0.25, 0.3) is 0 Å². The van der Waals surface area contributed by atoms with Gasteiger partial charge in [-0.2, -0.15) is 22.8 Å². The van der Waals surface area contributed by atoms with Crippen molar-refractivity contribution in [1.29, 1.82) is 5.26 Å². The van der Waals surface area contributed by atoms with E-state index in [9.17, 15) is 22.0 Å². The van der Waals surface area contributed by atoms with Gasteiger partial charge in [0, 0.05) is 6.07 Å². The maximum atomic E-state index is 14.4. The van der Waals surface area contributed by atoms with E-state index in [1.54, 1.807) is 18.2 Å². The molecule has 3 nitrogen and oxygen atoms in total. The molecular weight excluding hydrogens is 417 g/mol. The zero-order chi connectivity index (χ0) is 22.6. The highest BCUT2D eigenvalue weighted by Gasteiger charge is 2.37. The van der Waals surface area contributed by atoms with E-state index in [-0.39, 0.29) is 16.9 Å². The van der Waals surface area contributed by atoms with Gasteiger partial charge in [-0.3, -0.25) is 0 Å². The summed E-state index contributed by atoms with van der Waals surface area (Å²) >= 11 is 0. The molecule has 0 amide bonds. The van der Waals surface area contributed by atoms with E-state index in [0.717, 1.165) is 42.0 Å². The highest BCUT2D eigenvalue weighted by molar-refractivity contribution is 5.37. The van der Waals surface area contributed by atoms with Gasteiger partial charge in [0.1, 0.15) is 23.4 Å². The van der Waals surface area contributed by atoms with Crippen LogP contribution in [0.5, 0.6) is 11.5 Å². The minimum atomic E-state index is -3.88. The van der Waals surface area contributed by atoms with Crippen molar-refractivity contribution in [2.75, 3.05) is 0 Å². The van der Waals surface area contributed by atoms with E-state index in [1.807, 2.05) is 6.92 Å². The van der Waals surface area contributed by atoms with Crippen LogP contribution in [0.15, 0.2) is 66.7 Å². The highest BCUT2D eigenvalue weighted by Crippen LogP contribution is 2.35. The Hall–Kier alpha value is -3.60. The van der Waals surface area contributed by atoms with Crippen LogP contribution in [0.25, 0.3) is 0 Å². The van der Waals surface area contributed by atoms with Crippen molar-refractivity contribution in [1.82, 2.24) is 0 Å². The summed E-state index contributed by atoms with van der Waals surface area (Å²) in [6.45, 7) is 1.89. The molecule has 160 valence electrons. The smallest absolute Gasteiger partial charge is 0.426 e. The van der Waals surface area contributed by atoms with Crippen LogP contribution in [0.3, 0.4) is 0 Å². The average molecular weight is 433 g/mol. The summed E-state index contributed by atoms with van der Waals surface area (Å²) in [6, 6.07) is 13.5. The molecule has 0 fully saturated rings. The Labute approximate surface area is 175 Å². The Kier molecular flexibility index (Phi) is 6.16. The summed E-state index contributed by atoms with van der Waals surface area (Å²) in [5, 5.41) is 8.68. The number of benzene rings is 3. The maximum Gasteiger partial charge on any atom is 0.426 e. The molecule has 0 aliphatic carbocycles. The zero-order valence-corrected chi connectivity index (χ0v) is 16.2. The van der Waals surface area contributed by atoms with E-state index in [4.69, 9.17) is 5.26 Å². The van der Waals surface area contributed by atoms with Crippen LogP contribution in [0, 0.1) is 17.1 Å². The second kappa shape index (κ2) is 8.64. The Morgan fingerprint density at radius 2 is 1.26 bits per heavy atom. The number of hydrogen-bond donors (Lipinski definition) is 0. The standard InChI is InChI=1S/C23H16F5NO2/c1-2-15-3-6-17(7-4-15)22(25,26)30-19-11-8-18(9-12-19)23(27,28)31-20-10-5-16(14-29)21(24)13-20/h3-13H,2H2,1H3. The van der Waals surface area contributed by atoms with Crippen molar-refractivity contribution in [3.8, 4) is 17.6 Å². The molecule has 8 heteroatoms. The first kappa shape index (κ1) is 22.1. The normalized spacial score (nSPS) is 11.6. The van der Waals surface area contributed by atoms with Crippen LogP contribution in [0.2, 0.25) is 0 Å². The largest absolute Gasteiger partial charge is 0.429 e. The minimum Gasteiger partial charge on any atom is -0.429 e.